The predicted octanol–water partition coefficient (Wildman–Crippen LogP) is 5.21. The van der Waals surface area contributed by atoms with Crippen molar-refractivity contribution in [2.24, 2.45) is 5.92 Å². The maximum atomic E-state index is 13.7. The van der Waals surface area contributed by atoms with Gasteiger partial charge in [-0.25, -0.2) is 17.8 Å². The van der Waals surface area contributed by atoms with Crippen LogP contribution in [0.2, 0.25) is 5.02 Å². The molecule has 31 heavy (non-hydrogen) atoms. The van der Waals surface area contributed by atoms with Crippen LogP contribution in [0.15, 0.2) is 53.6 Å². The lowest BCUT2D eigenvalue weighted by atomic mass is 9.72. The fourth-order valence-corrected chi connectivity index (χ4v) is 5.12. The van der Waals surface area contributed by atoms with Gasteiger partial charge in [-0.15, -0.1) is 0 Å². The van der Waals surface area contributed by atoms with Gasteiger partial charge >= 0.3 is 0 Å². The normalized spacial score (nSPS) is 19.7. The van der Waals surface area contributed by atoms with Gasteiger partial charge in [-0.05, 0) is 54.9 Å². The Labute approximate surface area is 186 Å². The summed E-state index contributed by atoms with van der Waals surface area (Å²) in [5.74, 6) is 0.742. The van der Waals surface area contributed by atoms with E-state index in [1.54, 1.807) is 13.0 Å². The van der Waals surface area contributed by atoms with Crippen LogP contribution in [-0.2, 0) is 14.6 Å². The number of nitrogens with zero attached hydrogens (tertiary/aromatic N) is 1. The number of aromatic amines is 1. The van der Waals surface area contributed by atoms with E-state index in [0.29, 0.717) is 35.5 Å². The van der Waals surface area contributed by atoms with Crippen molar-refractivity contribution >= 4 is 21.4 Å². The molecule has 2 aromatic carbocycles. The molecule has 1 aliphatic carbocycles. The van der Waals surface area contributed by atoms with Gasteiger partial charge in [0.1, 0.15) is 17.7 Å². The van der Waals surface area contributed by atoms with Crippen LogP contribution in [0.5, 0.6) is 0 Å². The van der Waals surface area contributed by atoms with Crippen molar-refractivity contribution in [2.75, 3.05) is 12.9 Å². The smallest absolute Gasteiger partial charge is 0.194 e. The fourth-order valence-electron chi connectivity index (χ4n) is 4.06. The first-order chi connectivity index (χ1) is 14.7. The van der Waals surface area contributed by atoms with Gasteiger partial charge in [0.2, 0.25) is 0 Å². The third-order valence-corrected chi connectivity index (χ3v) is 7.10. The number of aromatic nitrogens is 2. The molecule has 1 aliphatic rings. The Balaban J connectivity index is 1.53. The van der Waals surface area contributed by atoms with E-state index in [1.165, 1.54) is 17.7 Å². The number of H-pyrrole nitrogens is 1. The summed E-state index contributed by atoms with van der Waals surface area (Å²) in [6.45, 7) is 2.13. The second-order valence-corrected chi connectivity index (χ2v) is 10.5. The zero-order valence-corrected chi connectivity index (χ0v) is 18.9. The number of hydrogen-bond acceptors (Lipinski definition) is 4. The first kappa shape index (κ1) is 22.0. The minimum atomic E-state index is -3.49. The zero-order valence-electron chi connectivity index (χ0n) is 17.3. The fraction of sp³-hybridized carbons (Fsp3) is 0.348. The molecule has 1 aromatic heterocycles. The number of rotatable bonds is 7. The summed E-state index contributed by atoms with van der Waals surface area (Å²) >= 11 is 5.99. The average molecular weight is 463 g/mol. The molecule has 5 nitrogen and oxygen atoms in total. The van der Waals surface area contributed by atoms with E-state index in [2.05, 4.69) is 22.1 Å². The lowest BCUT2D eigenvalue weighted by Gasteiger charge is -2.36. The molecule has 0 spiro atoms. The van der Waals surface area contributed by atoms with E-state index >= 15 is 0 Å². The zero-order chi connectivity index (χ0) is 22.2. The summed E-state index contributed by atoms with van der Waals surface area (Å²) < 4.78 is 44.0. The van der Waals surface area contributed by atoms with Crippen molar-refractivity contribution in [1.29, 1.82) is 0 Å². The Hall–Kier alpha value is -2.22. The van der Waals surface area contributed by atoms with Crippen molar-refractivity contribution in [3.05, 3.63) is 82.0 Å². The highest BCUT2D eigenvalue weighted by atomic mass is 35.5. The van der Waals surface area contributed by atoms with Crippen molar-refractivity contribution in [1.82, 2.24) is 9.97 Å². The van der Waals surface area contributed by atoms with E-state index < -0.39 is 21.8 Å². The Morgan fingerprint density at radius 1 is 1.23 bits per heavy atom. The number of halogens is 2. The molecule has 3 aromatic rings. The first-order valence-electron chi connectivity index (χ1n) is 10.1. The summed E-state index contributed by atoms with van der Waals surface area (Å²) in [4.78, 5) is 7.31. The standard InChI is InChI=1S/C23H24ClFN2O3S/c1-14-23(31(2,28)29)27-22(26-14)21(17-8-9-20(25)19(24)12-17)30-13-15-10-18(11-15)16-6-4-3-5-7-16/h3-9,12,15,18,21H,10-11,13H2,1-2H3,(H,26,27). The molecule has 0 saturated heterocycles. The lowest BCUT2D eigenvalue weighted by molar-refractivity contribution is 0.0197. The molecule has 1 atom stereocenters. The summed E-state index contributed by atoms with van der Waals surface area (Å²) in [5.41, 5.74) is 2.38. The third kappa shape index (κ3) is 4.84. The number of hydrogen-bond donors (Lipinski definition) is 1. The Morgan fingerprint density at radius 3 is 2.55 bits per heavy atom. The van der Waals surface area contributed by atoms with E-state index in [-0.39, 0.29) is 10.0 Å². The summed E-state index contributed by atoms with van der Waals surface area (Å²) in [5, 5.41) is -0.0393. The summed E-state index contributed by atoms with van der Waals surface area (Å²) in [6, 6.07) is 14.7. The minimum Gasteiger partial charge on any atom is -0.365 e. The number of aryl methyl sites for hydroxylation is 1. The molecule has 0 bridgehead atoms. The monoisotopic (exact) mass is 462 g/mol. The molecule has 0 amide bonds. The average Bonchev–Trinajstić information content (AvgIpc) is 3.08. The molecule has 1 unspecified atom stereocenters. The van der Waals surface area contributed by atoms with Crippen LogP contribution in [0.25, 0.3) is 0 Å². The maximum Gasteiger partial charge on any atom is 0.194 e. The summed E-state index contributed by atoms with van der Waals surface area (Å²) in [7, 11) is -3.49. The first-order valence-corrected chi connectivity index (χ1v) is 12.4. The minimum absolute atomic E-state index is 0.0166. The van der Waals surface area contributed by atoms with Crippen molar-refractivity contribution < 1.29 is 17.5 Å². The molecular formula is C23H24ClFN2O3S. The van der Waals surface area contributed by atoms with E-state index in [0.717, 1.165) is 19.1 Å². The SMILES string of the molecule is Cc1[nH]c(C(OCC2CC(c3ccccc3)C2)c2ccc(F)c(Cl)c2)nc1S(C)(=O)=O. The van der Waals surface area contributed by atoms with Crippen LogP contribution in [0, 0.1) is 18.7 Å². The van der Waals surface area contributed by atoms with Gasteiger partial charge in [-0.1, -0.05) is 48.0 Å². The lowest BCUT2D eigenvalue weighted by Crippen LogP contribution is -2.27. The molecule has 164 valence electrons. The number of sulfone groups is 1. The Bertz CT molecular complexity index is 1170. The molecule has 4 rings (SSSR count). The van der Waals surface area contributed by atoms with E-state index in [1.807, 2.05) is 18.2 Å². The molecule has 1 heterocycles. The van der Waals surface area contributed by atoms with Gasteiger partial charge in [-0.3, -0.25) is 0 Å². The van der Waals surface area contributed by atoms with Crippen LogP contribution in [-0.4, -0.2) is 31.2 Å². The highest BCUT2D eigenvalue weighted by Gasteiger charge is 2.32. The molecule has 1 saturated carbocycles. The van der Waals surface area contributed by atoms with Crippen LogP contribution >= 0.6 is 11.6 Å². The van der Waals surface area contributed by atoms with Crippen LogP contribution in [0.1, 0.15) is 47.5 Å². The predicted molar refractivity (Wildman–Crippen MR) is 118 cm³/mol. The highest BCUT2D eigenvalue weighted by molar-refractivity contribution is 7.90. The second-order valence-electron chi connectivity index (χ2n) is 8.16. The number of benzene rings is 2. The van der Waals surface area contributed by atoms with Crippen LogP contribution < -0.4 is 0 Å². The third-order valence-electron chi connectivity index (χ3n) is 5.71. The summed E-state index contributed by atoms with van der Waals surface area (Å²) in [6.07, 6.45) is 2.48. The number of nitrogens with one attached hydrogen (secondary N) is 1. The van der Waals surface area contributed by atoms with Gasteiger partial charge in [0.15, 0.2) is 14.9 Å². The van der Waals surface area contributed by atoms with E-state index in [4.69, 9.17) is 16.3 Å². The van der Waals surface area contributed by atoms with Gasteiger partial charge in [-0.2, -0.15) is 0 Å². The maximum absolute atomic E-state index is 13.7. The van der Waals surface area contributed by atoms with Gasteiger partial charge in [0, 0.05) is 6.26 Å². The van der Waals surface area contributed by atoms with Gasteiger partial charge in [0.25, 0.3) is 0 Å². The van der Waals surface area contributed by atoms with Crippen molar-refractivity contribution in [3.63, 3.8) is 0 Å². The highest BCUT2D eigenvalue weighted by Crippen LogP contribution is 2.42. The van der Waals surface area contributed by atoms with Crippen molar-refractivity contribution in [2.45, 2.75) is 36.8 Å². The number of ether oxygens (including phenoxy) is 1. The molecule has 1 N–H and O–H groups in total. The Morgan fingerprint density at radius 2 is 1.94 bits per heavy atom. The molecule has 1 fully saturated rings. The van der Waals surface area contributed by atoms with Crippen LogP contribution in [0.4, 0.5) is 4.39 Å². The number of imidazole rings is 1. The molecule has 0 radical (unpaired) electrons. The largest absolute Gasteiger partial charge is 0.365 e. The van der Waals surface area contributed by atoms with E-state index in [9.17, 15) is 12.8 Å². The second kappa shape index (κ2) is 8.73. The van der Waals surface area contributed by atoms with Gasteiger partial charge in [0.05, 0.1) is 17.3 Å². The van der Waals surface area contributed by atoms with Crippen LogP contribution in [0.3, 0.4) is 0 Å². The molecule has 0 aliphatic heterocycles. The molecule has 8 heteroatoms. The Kier molecular flexibility index (Phi) is 6.19. The quantitative estimate of drug-likeness (QED) is 0.523. The molecular weight excluding hydrogens is 439 g/mol. The topological polar surface area (TPSA) is 72.0 Å². The van der Waals surface area contributed by atoms with Crippen molar-refractivity contribution in [3.8, 4) is 0 Å². The van der Waals surface area contributed by atoms with Gasteiger partial charge < -0.3 is 9.72 Å².